The minimum Gasteiger partial charge on any atom is -0.493 e. The number of methoxy groups -OCH3 is 3. The zero-order valence-electron chi connectivity index (χ0n) is 22.5. The first-order valence-electron chi connectivity index (χ1n) is 12.4. The standard InChI is InChI=1S/C27H37NO9S/c1-6-12-36-27-24(35-13-8-7-11-28-29)16-19(17-25(27)38(5,30)31)21-10-9-20(37-21)18-14-22(32-2)26(34-4)23(15-18)33-3/h7-8,14-17,20-21,28-29H,6,9-13H2,1-5H3. The van der Waals surface area contributed by atoms with Crippen LogP contribution in [0.1, 0.15) is 49.5 Å². The van der Waals surface area contributed by atoms with Crippen LogP contribution in [0.25, 0.3) is 0 Å². The number of rotatable bonds is 14. The molecule has 1 heterocycles. The average molecular weight is 552 g/mol. The molecule has 2 aromatic carbocycles. The molecule has 0 amide bonds. The smallest absolute Gasteiger partial charge is 0.203 e. The monoisotopic (exact) mass is 551 g/mol. The molecule has 0 bridgehead atoms. The lowest BCUT2D eigenvalue weighted by Crippen LogP contribution is -2.10. The molecule has 2 unspecified atom stereocenters. The van der Waals surface area contributed by atoms with Crippen LogP contribution in [0.2, 0.25) is 0 Å². The van der Waals surface area contributed by atoms with Crippen LogP contribution in [0, 0.1) is 0 Å². The van der Waals surface area contributed by atoms with Gasteiger partial charge in [0.1, 0.15) is 11.5 Å². The van der Waals surface area contributed by atoms with Crippen molar-refractivity contribution in [1.29, 1.82) is 0 Å². The highest BCUT2D eigenvalue weighted by molar-refractivity contribution is 7.90. The van der Waals surface area contributed by atoms with Gasteiger partial charge in [-0.1, -0.05) is 19.1 Å². The fraction of sp³-hybridized carbons (Fsp3) is 0.481. The molecule has 1 fully saturated rings. The van der Waals surface area contributed by atoms with Gasteiger partial charge in [-0.3, -0.25) is 0 Å². The molecule has 38 heavy (non-hydrogen) atoms. The Hall–Kier alpha value is -2.99. The molecule has 2 aromatic rings. The van der Waals surface area contributed by atoms with Crippen LogP contribution >= 0.6 is 0 Å². The minimum atomic E-state index is -3.64. The first kappa shape index (κ1) is 29.6. The van der Waals surface area contributed by atoms with Crippen molar-refractivity contribution in [1.82, 2.24) is 5.48 Å². The Morgan fingerprint density at radius 3 is 2.05 bits per heavy atom. The van der Waals surface area contributed by atoms with Crippen molar-refractivity contribution in [2.75, 3.05) is 47.3 Å². The molecule has 0 spiro atoms. The van der Waals surface area contributed by atoms with E-state index in [1.165, 1.54) is 0 Å². The Labute approximate surface area is 224 Å². The number of hydroxylamine groups is 1. The topological polar surface area (TPSA) is 122 Å². The van der Waals surface area contributed by atoms with Crippen molar-refractivity contribution >= 4 is 9.84 Å². The van der Waals surface area contributed by atoms with E-state index in [1.54, 1.807) is 45.6 Å². The molecule has 0 saturated carbocycles. The lowest BCUT2D eigenvalue weighted by atomic mass is 10.0. The summed E-state index contributed by atoms with van der Waals surface area (Å²) in [6, 6.07) is 7.11. The van der Waals surface area contributed by atoms with Gasteiger partial charge >= 0.3 is 0 Å². The summed E-state index contributed by atoms with van der Waals surface area (Å²) in [5.41, 5.74) is 3.58. The lowest BCUT2D eigenvalue weighted by Gasteiger charge is -2.20. The second-order valence-corrected chi connectivity index (χ2v) is 10.7. The summed E-state index contributed by atoms with van der Waals surface area (Å²) in [5, 5.41) is 8.73. The van der Waals surface area contributed by atoms with Crippen LogP contribution in [0.3, 0.4) is 0 Å². The zero-order valence-corrected chi connectivity index (χ0v) is 23.3. The minimum absolute atomic E-state index is 0.0549. The van der Waals surface area contributed by atoms with Crippen LogP contribution < -0.4 is 29.2 Å². The Kier molecular flexibility index (Phi) is 10.7. The maximum Gasteiger partial charge on any atom is 0.203 e. The predicted molar refractivity (Wildman–Crippen MR) is 142 cm³/mol. The number of hydrogen-bond donors (Lipinski definition) is 2. The lowest BCUT2D eigenvalue weighted by molar-refractivity contribution is 0.0435. The van der Waals surface area contributed by atoms with Crippen LogP contribution in [0.15, 0.2) is 41.3 Å². The third kappa shape index (κ3) is 7.10. The van der Waals surface area contributed by atoms with Crippen molar-refractivity contribution in [2.45, 2.75) is 43.3 Å². The first-order valence-corrected chi connectivity index (χ1v) is 14.3. The zero-order chi connectivity index (χ0) is 27.7. The highest BCUT2D eigenvalue weighted by Crippen LogP contribution is 2.48. The van der Waals surface area contributed by atoms with E-state index in [9.17, 15) is 8.42 Å². The van der Waals surface area contributed by atoms with Gasteiger partial charge in [0, 0.05) is 12.8 Å². The maximum atomic E-state index is 12.8. The van der Waals surface area contributed by atoms with E-state index >= 15 is 0 Å². The summed E-state index contributed by atoms with van der Waals surface area (Å²) in [6.07, 6.45) is 6.01. The third-order valence-corrected chi connectivity index (χ3v) is 7.16. The molecule has 0 aliphatic carbocycles. The molecule has 3 rings (SSSR count). The molecule has 10 nitrogen and oxygen atoms in total. The Balaban J connectivity index is 1.96. The summed E-state index contributed by atoms with van der Waals surface area (Å²) >= 11 is 0. The van der Waals surface area contributed by atoms with Crippen molar-refractivity contribution < 1.29 is 42.0 Å². The van der Waals surface area contributed by atoms with Crippen LogP contribution in [-0.2, 0) is 14.6 Å². The van der Waals surface area contributed by atoms with E-state index in [4.69, 9.17) is 33.6 Å². The summed E-state index contributed by atoms with van der Waals surface area (Å²) in [4.78, 5) is 0.0549. The fourth-order valence-corrected chi connectivity index (χ4v) is 5.12. The number of nitrogens with one attached hydrogen (secondary N) is 1. The number of benzene rings is 2. The molecule has 1 saturated heterocycles. The van der Waals surface area contributed by atoms with Gasteiger partial charge in [0.2, 0.25) is 5.75 Å². The summed E-state index contributed by atoms with van der Waals surface area (Å²) in [7, 11) is 1.03. The first-order chi connectivity index (χ1) is 18.3. The van der Waals surface area contributed by atoms with Crippen LogP contribution in [0.5, 0.6) is 28.7 Å². The normalized spacial score (nSPS) is 17.5. The van der Waals surface area contributed by atoms with E-state index in [0.717, 1.165) is 11.8 Å². The summed E-state index contributed by atoms with van der Waals surface area (Å²) in [5.74, 6) is 2.07. The SMILES string of the molecule is CCCOc1c(OCC=CCNO)cc(C2CCC(c3cc(OC)c(OC)c(OC)c3)O2)cc1S(C)(=O)=O. The molecular weight excluding hydrogens is 514 g/mol. The number of hydrogen-bond acceptors (Lipinski definition) is 10. The van der Waals surface area contributed by atoms with E-state index < -0.39 is 9.84 Å². The predicted octanol–water partition coefficient (Wildman–Crippen LogP) is 4.41. The van der Waals surface area contributed by atoms with Gasteiger partial charge in [-0.05, 0) is 54.7 Å². The van der Waals surface area contributed by atoms with E-state index in [-0.39, 0.29) is 36.0 Å². The Morgan fingerprint density at radius 1 is 0.921 bits per heavy atom. The van der Waals surface area contributed by atoms with Crippen molar-refractivity contribution in [3.8, 4) is 28.7 Å². The number of sulfone groups is 1. The van der Waals surface area contributed by atoms with Gasteiger partial charge in [-0.15, -0.1) is 0 Å². The van der Waals surface area contributed by atoms with E-state index in [1.807, 2.05) is 24.5 Å². The summed E-state index contributed by atoms with van der Waals surface area (Å²) in [6.45, 7) is 2.70. The Bertz CT molecular complexity index is 1190. The molecule has 11 heteroatoms. The molecule has 0 aromatic heterocycles. The van der Waals surface area contributed by atoms with Crippen molar-refractivity contribution in [3.63, 3.8) is 0 Å². The largest absolute Gasteiger partial charge is 0.493 e. The second-order valence-electron chi connectivity index (χ2n) is 8.76. The molecule has 1 aliphatic heterocycles. The van der Waals surface area contributed by atoms with Crippen LogP contribution in [-0.4, -0.2) is 61.0 Å². The quantitative estimate of drug-likeness (QED) is 0.258. The molecule has 1 aliphatic rings. The van der Waals surface area contributed by atoms with Gasteiger partial charge in [-0.2, -0.15) is 0 Å². The van der Waals surface area contributed by atoms with Gasteiger partial charge in [0.25, 0.3) is 0 Å². The number of ether oxygens (including phenoxy) is 6. The third-order valence-electron chi connectivity index (χ3n) is 6.05. The van der Waals surface area contributed by atoms with Crippen LogP contribution in [0.4, 0.5) is 0 Å². The molecular formula is C27H37NO9S. The van der Waals surface area contributed by atoms with Gasteiger partial charge in [0.15, 0.2) is 32.8 Å². The van der Waals surface area contributed by atoms with E-state index in [2.05, 4.69) is 0 Å². The van der Waals surface area contributed by atoms with Gasteiger partial charge < -0.3 is 33.6 Å². The highest BCUT2D eigenvalue weighted by Gasteiger charge is 2.32. The molecule has 210 valence electrons. The Morgan fingerprint density at radius 2 is 1.53 bits per heavy atom. The summed E-state index contributed by atoms with van der Waals surface area (Å²) < 4.78 is 60.1. The fourth-order valence-electron chi connectivity index (χ4n) is 4.27. The maximum absolute atomic E-state index is 12.8. The molecule has 2 N–H and O–H groups in total. The van der Waals surface area contributed by atoms with Gasteiger partial charge in [0.05, 0.1) is 40.1 Å². The van der Waals surface area contributed by atoms with Crippen molar-refractivity contribution in [3.05, 3.63) is 47.5 Å². The molecule has 0 radical (unpaired) electrons. The van der Waals surface area contributed by atoms with Crippen molar-refractivity contribution in [2.24, 2.45) is 0 Å². The average Bonchev–Trinajstić information content (AvgIpc) is 3.40. The molecule has 2 atom stereocenters. The van der Waals surface area contributed by atoms with Gasteiger partial charge in [-0.25, -0.2) is 13.9 Å². The second kappa shape index (κ2) is 13.7. The highest BCUT2D eigenvalue weighted by atomic mass is 32.2. The van der Waals surface area contributed by atoms with E-state index in [0.29, 0.717) is 54.4 Å².